The van der Waals surface area contributed by atoms with E-state index in [9.17, 15) is 9.59 Å². The number of benzene rings is 1. The molecule has 0 unspecified atom stereocenters. The van der Waals surface area contributed by atoms with E-state index in [1.54, 1.807) is 36.2 Å². The number of nitrogens with zero attached hydrogens (tertiary/aromatic N) is 1. The van der Waals surface area contributed by atoms with E-state index in [0.717, 1.165) is 12.8 Å². The van der Waals surface area contributed by atoms with E-state index < -0.39 is 5.97 Å². The van der Waals surface area contributed by atoms with Gasteiger partial charge in [0.05, 0.1) is 12.7 Å². The first-order valence-corrected chi connectivity index (χ1v) is 6.15. The highest BCUT2D eigenvalue weighted by atomic mass is 16.5. The lowest BCUT2D eigenvalue weighted by Crippen LogP contribution is -2.27. The van der Waals surface area contributed by atoms with Gasteiger partial charge in [0, 0.05) is 19.2 Å². The number of carbonyl (C=O) groups is 2. The van der Waals surface area contributed by atoms with Gasteiger partial charge in [0.15, 0.2) is 0 Å². The summed E-state index contributed by atoms with van der Waals surface area (Å²) in [6.07, 6.45) is 3.58. The van der Waals surface area contributed by atoms with E-state index in [0.29, 0.717) is 17.7 Å². The van der Waals surface area contributed by atoms with Crippen LogP contribution in [0.3, 0.4) is 0 Å². The quantitative estimate of drug-likeness (QED) is 0.449. The van der Waals surface area contributed by atoms with Crippen molar-refractivity contribution in [3.8, 4) is 0 Å². The van der Waals surface area contributed by atoms with Crippen LogP contribution in [0.5, 0.6) is 0 Å². The van der Waals surface area contributed by atoms with Gasteiger partial charge in [-0.25, -0.2) is 4.79 Å². The fourth-order valence-electron chi connectivity index (χ4n) is 1.69. The number of allylic oxidation sites excluding steroid dienone is 1. The number of esters is 1. The van der Waals surface area contributed by atoms with Crippen molar-refractivity contribution in [3.63, 3.8) is 0 Å². The molecule has 4 nitrogen and oxygen atoms in total. The van der Waals surface area contributed by atoms with Gasteiger partial charge < -0.3 is 9.64 Å². The number of hydrogen-bond donors (Lipinski definition) is 0. The van der Waals surface area contributed by atoms with Gasteiger partial charge in [-0.1, -0.05) is 12.1 Å². The third kappa shape index (κ3) is 4.25. The largest absolute Gasteiger partial charge is 0.465 e. The number of rotatable bonds is 6. The molecule has 0 saturated carbocycles. The van der Waals surface area contributed by atoms with Crippen molar-refractivity contribution >= 4 is 11.9 Å². The first kappa shape index (κ1) is 15.0. The summed E-state index contributed by atoms with van der Waals surface area (Å²) in [5.74, 6) is -0.543. The normalized spacial score (nSPS) is 9.79. The minimum atomic E-state index is -0.441. The van der Waals surface area contributed by atoms with Crippen molar-refractivity contribution in [2.24, 2.45) is 0 Å². The van der Waals surface area contributed by atoms with E-state index in [-0.39, 0.29) is 5.91 Å². The summed E-state index contributed by atoms with van der Waals surface area (Å²) >= 11 is 0. The third-order valence-corrected chi connectivity index (χ3v) is 2.78. The van der Waals surface area contributed by atoms with Crippen molar-refractivity contribution < 1.29 is 14.3 Å². The molecule has 102 valence electrons. The van der Waals surface area contributed by atoms with Gasteiger partial charge in [0.25, 0.3) is 5.91 Å². The number of amides is 1. The monoisotopic (exact) mass is 261 g/mol. The Hall–Kier alpha value is -2.10. The zero-order valence-corrected chi connectivity index (χ0v) is 11.4. The van der Waals surface area contributed by atoms with Crippen LogP contribution in [-0.2, 0) is 4.74 Å². The van der Waals surface area contributed by atoms with Crippen LogP contribution in [0.15, 0.2) is 36.9 Å². The molecular formula is C15H19NO3. The number of ether oxygens (including phenoxy) is 1. The standard InChI is InChI=1S/C15H19NO3/c1-4-5-6-10-16(2)14(17)12-8-7-9-13(11-12)15(18)19-3/h4,7-9,11H,1,5-6,10H2,2-3H3. The van der Waals surface area contributed by atoms with Crippen LogP contribution in [-0.4, -0.2) is 37.5 Å². The summed E-state index contributed by atoms with van der Waals surface area (Å²) < 4.78 is 4.64. The van der Waals surface area contributed by atoms with Gasteiger partial charge in [-0.15, -0.1) is 6.58 Å². The molecule has 0 aromatic heterocycles. The van der Waals surface area contributed by atoms with Crippen molar-refractivity contribution in [2.45, 2.75) is 12.8 Å². The van der Waals surface area contributed by atoms with Crippen LogP contribution in [0.4, 0.5) is 0 Å². The second kappa shape index (κ2) is 7.36. The lowest BCUT2D eigenvalue weighted by atomic mass is 10.1. The second-order valence-electron chi connectivity index (χ2n) is 4.23. The highest BCUT2D eigenvalue weighted by molar-refractivity contribution is 5.97. The van der Waals surface area contributed by atoms with E-state index in [2.05, 4.69) is 11.3 Å². The van der Waals surface area contributed by atoms with Crippen molar-refractivity contribution in [3.05, 3.63) is 48.0 Å². The predicted molar refractivity (Wildman–Crippen MR) is 74.2 cm³/mol. The summed E-state index contributed by atoms with van der Waals surface area (Å²) in [5.41, 5.74) is 0.872. The highest BCUT2D eigenvalue weighted by Crippen LogP contribution is 2.09. The van der Waals surface area contributed by atoms with E-state index in [1.165, 1.54) is 7.11 Å². The lowest BCUT2D eigenvalue weighted by Gasteiger charge is -2.17. The Labute approximate surface area is 113 Å². The van der Waals surface area contributed by atoms with Crippen molar-refractivity contribution in [1.82, 2.24) is 4.90 Å². The molecule has 4 heteroatoms. The van der Waals surface area contributed by atoms with Crippen LogP contribution < -0.4 is 0 Å². The zero-order chi connectivity index (χ0) is 14.3. The molecule has 0 aliphatic rings. The number of carbonyl (C=O) groups excluding carboxylic acids is 2. The fourth-order valence-corrected chi connectivity index (χ4v) is 1.69. The maximum atomic E-state index is 12.1. The SMILES string of the molecule is C=CCCCN(C)C(=O)c1cccc(C(=O)OC)c1. The molecule has 19 heavy (non-hydrogen) atoms. The molecule has 0 saturated heterocycles. The van der Waals surface area contributed by atoms with Gasteiger partial charge in [0.1, 0.15) is 0 Å². The van der Waals surface area contributed by atoms with Gasteiger partial charge in [-0.2, -0.15) is 0 Å². The average molecular weight is 261 g/mol. The Balaban J connectivity index is 2.76. The maximum absolute atomic E-state index is 12.1. The lowest BCUT2D eigenvalue weighted by molar-refractivity contribution is 0.0600. The van der Waals surface area contributed by atoms with E-state index in [1.807, 2.05) is 6.08 Å². The van der Waals surface area contributed by atoms with Gasteiger partial charge in [-0.3, -0.25) is 4.79 Å². The van der Waals surface area contributed by atoms with Gasteiger partial charge in [-0.05, 0) is 31.0 Å². The molecule has 0 aliphatic carbocycles. The van der Waals surface area contributed by atoms with Crippen LogP contribution in [0.25, 0.3) is 0 Å². The molecular weight excluding hydrogens is 242 g/mol. The molecule has 0 bridgehead atoms. The minimum absolute atomic E-state index is 0.102. The maximum Gasteiger partial charge on any atom is 0.337 e. The average Bonchev–Trinajstić information content (AvgIpc) is 2.45. The molecule has 1 aromatic carbocycles. The summed E-state index contributed by atoms with van der Waals surface area (Å²) in [5, 5.41) is 0. The molecule has 0 radical (unpaired) electrons. The topological polar surface area (TPSA) is 46.6 Å². The Bertz CT molecular complexity index is 468. The van der Waals surface area contributed by atoms with E-state index in [4.69, 9.17) is 0 Å². The first-order valence-electron chi connectivity index (χ1n) is 6.15. The first-order chi connectivity index (χ1) is 9.10. The number of methoxy groups -OCH3 is 1. The van der Waals surface area contributed by atoms with Crippen LogP contribution >= 0.6 is 0 Å². The molecule has 0 aliphatic heterocycles. The summed E-state index contributed by atoms with van der Waals surface area (Å²) in [6.45, 7) is 4.31. The molecule has 0 atom stereocenters. The van der Waals surface area contributed by atoms with Crippen molar-refractivity contribution in [2.75, 3.05) is 20.7 Å². The zero-order valence-electron chi connectivity index (χ0n) is 11.4. The Morgan fingerprint density at radius 3 is 2.68 bits per heavy atom. The molecule has 1 aromatic rings. The fraction of sp³-hybridized carbons (Fsp3) is 0.333. The van der Waals surface area contributed by atoms with Gasteiger partial charge in [0.2, 0.25) is 0 Å². The smallest absolute Gasteiger partial charge is 0.337 e. The molecule has 0 N–H and O–H groups in total. The number of hydrogen-bond acceptors (Lipinski definition) is 3. The Kier molecular flexibility index (Phi) is 5.79. The predicted octanol–water partition coefficient (Wildman–Crippen LogP) is 2.51. The molecule has 1 rings (SSSR count). The van der Waals surface area contributed by atoms with Gasteiger partial charge >= 0.3 is 5.97 Å². The molecule has 0 fully saturated rings. The van der Waals surface area contributed by atoms with Crippen LogP contribution in [0.1, 0.15) is 33.6 Å². The summed E-state index contributed by atoms with van der Waals surface area (Å²) in [4.78, 5) is 25.2. The highest BCUT2D eigenvalue weighted by Gasteiger charge is 2.13. The summed E-state index contributed by atoms with van der Waals surface area (Å²) in [6, 6.07) is 6.55. The number of unbranched alkanes of at least 4 members (excludes halogenated alkanes) is 1. The second-order valence-corrected chi connectivity index (χ2v) is 4.23. The van der Waals surface area contributed by atoms with Crippen LogP contribution in [0.2, 0.25) is 0 Å². The Morgan fingerprint density at radius 2 is 2.05 bits per heavy atom. The van der Waals surface area contributed by atoms with Crippen molar-refractivity contribution in [1.29, 1.82) is 0 Å². The molecule has 0 heterocycles. The molecule has 0 spiro atoms. The van der Waals surface area contributed by atoms with E-state index >= 15 is 0 Å². The minimum Gasteiger partial charge on any atom is -0.465 e. The third-order valence-electron chi connectivity index (χ3n) is 2.78. The molecule has 1 amide bonds. The Morgan fingerprint density at radius 1 is 1.37 bits per heavy atom. The van der Waals surface area contributed by atoms with Crippen LogP contribution in [0, 0.1) is 0 Å². The summed E-state index contributed by atoms with van der Waals surface area (Å²) in [7, 11) is 3.06.